The first-order valence-corrected chi connectivity index (χ1v) is 30.6. The lowest BCUT2D eigenvalue weighted by atomic mass is 10.1. The number of carboxylic acids is 2. The van der Waals surface area contributed by atoms with Crippen LogP contribution in [0.3, 0.4) is 0 Å². The molecule has 0 aromatic heterocycles. The highest BCUT2D eigenvalue weighted by atomic mass is 32.2. The van der Waals surface area contributed by atoms with Crippen LogP contribution in [0.25, 0.3) is 0 Å². The fraction of sp³-hybridized carbons (Fsp3) is 0.964. The Balaban J connectivity index is -0.000000968. The standard InChI is InChI=1S/2C26H55N.C4H6O7S/c2*1-3-5-7-9-11-13-15-17-19-21-23-25-27-26-24-22-20-18-16-14-12-10-8-6-4-2;5-3(6)1-2(4(7)8)12(9,10)11/h2*27H,3-26H2,1-2H3;2H,1H2,(H,5,6)(H,7,8)(H,9,10,11). The fourth-order valence-electron chi connectivity index (χ4n) is 8.56. The molecule has 0 radical (unpaired) electrons. The number of quaternary nitrogens is 2. The number of nitrogens with two attached hydrogens (primary N) is 2. The molecular formula is C56H116N2O7S. The summed E-state index contributed by atoms with van der Waals surface area (Å²) in [6.07, 6.45) is 62.8. The molecule has 66 heavy (non-hydrogen) atoms. The second-order valence-corrected chi connectivity index (χ2v) is 21.4. The number of carbonyl (C=O) groups is 2. The lowest BCUT2D eigenvalue weighted by Crippen LogP contribution is -2.84. The van der Waals surface area contributed by atoms with Crippen LogP contribution in [-0.4, -0.2) is 56.3 Å². The molecule has 0 aromatic carbocycles. The summed E-state index contributed by atoms with van der Waals surface area (Å²) in [7, 11) is -4.94. The van der Waals surface area contributed by atoms with E-state index < -0.39 is 33.7 Å². The first-order valence-electron chi connectivity index (χ1n) is 29.1. The Morgan fingerprint density at radius 2 is 0.515 bits per heavy atom. The Labute approximate surface area is 411 Å². The summed E-state index contributed by atoms with van der Waals surface area (Å²) in [5, 5.41) is 22.4. The predicted molar refractivity (Wildman–Crippen MR) is 279 cm³/mol. The summed E-state index contributed by atoms with van der Waals surface area (Å²) in [4.78, 5) is 19.7. The number of aliphatic carboxylic acids is 2. The third kappa shape index (κ3) is 64.9. The molecule has 0 aliphatic heterocycles. The van der Waals surface area contributed by atoms with E-state index in [0.29, 0.717) is 0 Å². The van der Waals surface area contributed by atoms with E-state index in [1.54, 1.807) is 0 Å². The highest BCUT2D eigenvalue weighted by Gasteiger charge is 2.24. The van der Waals surface area contributed by atoms with Gasteiger partial charge >= 0.3 is 0 Å². The van der Waals surface area contributed by atoms with E-state index in [9.17, 15) is 28.2 Å². The maximum absolute atomic E-state index is 10.2. The van der Waals surface area contributed by atoms with Crippen molar-refractivity contribution in [1.29, 1.82) is 0 Å². The van der Waals surface area contributed by atoms with Crippen molar-refractivity contribution in [2.45, 2.75) is 322 Å². The van der Waals surface area contributed by atoms with Gasteiger partial charge in [-0.1, -0.05) is 259 Å². The smallest absolute Gasteiger partial charge is 0.273 e. The van der Waals surface area contributed by atoms with E-state index in [0.717, 1.165) is 0 Å². The molecule has 0 heterocycles. The van der Waals surface area contributed by atoms with Crippen LogP contribution in [0.5, 0.6) is 0 Å². The van der Waals surface area contributed by atoms with Crippen molar-refractivity contribution < 1.29 is 43.4 Å². The van der Waals surface area contributed by atoms with Crippen LogP contribution in [0.15, 0.2) is 0 Å². The van der Waals surface area contributed by atoms with E-state index in [1.165, 1.54) is 309 Å². The maximum atomic E-state index is 10.2. The van der Waals surface area contributed by atoms with Crippen LogP contribution in [0.1, 0.15) is 317 Å². The lowest BCUT2D eigenvalue weighted by Gasteiger charge is -2.14. The molecule has 0 bridgehead atoms. The Morgan fingerprint density at radius 3 is 0.636 bits per heavy atom. The van der Waals surface area contributed by atoms with Crippen molar-refractivity contribution in [3.05, 3.63) is 0 Å². The summed E-state index contributed by atoms with van der Waals surface area (Å²) in [6.45, 7) is 14.7. The van der Waals surface area contributed by atoms with Gasteiger partial charge in [-0.25, -0.2) is 0 Å². The molecule has 0 aliphatic rings. The van der Waals surface area contributed by atoms with Crippen molar-refractivity contribution in [3.8, 4) is 0 Å². The van der Waals surface area contributed by atoms with E-state index in [2.05, 4.69) is 38.3 Å². The molecule has 10 heteroatoms. The zero-order chi connectivity index (χ0) is 49.3. The second-order valence-electron chi connectivity index (χ2n) is 19.8. The Kier molecular flexibility index (Phi) is 62.6. The average molecular weight is 962 g/mol. The van der Waals surface area contributed by atoms with Gasteiger partial charge in [-0.15, -0.1) is 0 Å². The van der Waals surface area contributed by atoms with Crippen molar-refractivity contribution >= 4 is 22.1 Å². The lowest BCUT2D eigenvalue weighted by molar-refractivity contribution is -0.655. The van der Waals surface area contributed by atoms with E-state index in [4.69, 9.17) is 4.55 Å². The highest BCUT2D eigenvalue weighted by Crippen LogP contribution is 2.14. The molecule has 1 unspecified atom stereocenters. The molecule has 0 aliphatic carbocycles. The SMILES string of the molecule is CCCCCCCCCCCCC[NH2+]CCCCCCCCCCCCC.CCCCCCCCCCCCC[NH2+]CCCCCCCCCCCCC.O=C([O-])CC(C(=O)[O-])S(=O)(=O)O. The van der Waals surface area contributed by atoms with E-state index in [1.807, 2.05) is 0 Å². The normalized spacial score (nSPS) is 11.8. The van der Waals surface area contributed by atoms with Gasteiger partial charge in [-0.2, -0.15) is 8.42 Å². The summed E-state index contributed by atoms with van der Waals surface area (Å²) in [5.41, 5.74) is 0. The van der Waals surface area contributed by atoms with Crippen LogP contribution < -0.4 is 20.8 Å². The van der Waals surface area contributed by atoms with Crippen molar-refractivity contribution in [1.82, 2.24) is 0 Å². The molecule has 0 saturated carbocycles. The Morgan fingerprint density at radius 1 is 0.348 bits per heavy atom. The molecular weight excluding hydrogens is 845 g/mol. The molecule has 398 valence electrons. The molecule has 1 atom stereocenters. The molecule has 9 nitrogen and oxygen atoms in total. The van der Waals surface area contributed by atoms with Crippen LogP contribution in [0.4, 0.5) is 0 Å². The first kappa shape index (κ1) is 69.0. The Bertz CT molecular complexity index is 947. The quantitative estimate of drug-likeness (QED) is 0.0403. The number of hydrogen-bond donors (Lipinski definition) is 3. The first-order chi connectivity index (χ1) is 32.1. The maximum Gasteiger partial charge on any atom is 0.273 e. The molecule has 0 amide bonds. The largest absolute Gasteiger partial charge is 0.550 e. The van der Waals surface area contributed by atoms with Gasteiger partial charge in [0.25, 0.3) is 10.1 Å². The summed E-state index contributed by atoms with van der Waals surface area (Å²) < 4.78 is 28.5. The van der Waals surface area contributed by atoms with Gasteiger partial charge in [-0.3, -0.25) is 4.55 Å². The van der Waals surface area contributed by atoms with Crippen LogP contribution in [0.2, 0.25) is 0 Å². The zero-order valence-corrected chi connectivity index (χ0v) is 45.5. The summed E-state index contributed by atoms with van der Waals surface area (Å²) in [6, 6.07) is 0. The highest BCUT2D eigenvalue weighted by molar-refractivity contribution is 7.87. The van der Waals surface area contributed by atoms with Crippen molar-refractivity contribution in [3.63, 3.8) is 0 Å². The van der Waals surface area contributed by atoms with Crippen molar-refractivity contribution in [2.75, 3.05) is 26.2 Å². The van der Waals surface area contributed by atoms with Gasteiger partial charge in [0.2, 0.25) is 0 Å². The Hall–Kier alpha value is -1.23. The summed E-state index contributed by atoms with van der Waals surface area (Å²) in [5.74, 6) is -4.08. The van der Waals surface area contributed by atoms with Gasteiger partial charge in [0.05, 0.1) is 32.1 Å². The topological polar surface area (TPSA) is 168 Å². The van der Waals surface area contributed by atoms with Crippen LogP contribution in [0, 0.1) is 0 Å². The van der Waals surface area contributed by atoms with Gasteiger partial charge in [0, 0.05) is 12.4 Å². The third-order valence-electron chi connectivity index (χ3n) is 13.0. The molecule has 0 rings (SSSR count). The van der Waals surface area contributed by atoms with Crippen LogP contribution in [-0.2, 0) is 19.7 Å². The minimum atomic E-state index is -4.94. The number of carboxylic acid groups (broad SMARTS) is 2. The number of hydrogen-bond acceptors (Lipinski definition) is 6. The molecule has 0 fully saturated rings. The van der Waals surface area contributed by atoms with Gasteiger partial charge in [0.1, 0.15) is 5.25 Å². The fourth-order valence-corrected chi connectivity index (χ4v) is 9.15. The molecule has 5 N–H and O–H groups in total. The van der Waals surface area contributed by atoms with Crippen LogP contribution >= 0.6 is 0 Å². The van der Waals surface area contributed by atoms with Gasteiger partial charge < -0.3 is 30.4 Å². The number of unbranched alkanes of at least 4 members (excludes halogenated alkanes) is 40. The number of carbonyl (C=O) groups excluding carboxylic acids is 2. The summed E-state index contributed by atoms with van der Waals surface area (Å²) >= 11 is 0. The van der Waals surface area contributed by atoms with Crippen molar-refractivity contribution in [2.24, 2.45) is 0 Å². The monoisotopic (exact) mass is 961 g/mol. The molecule has 0 saturated heterocycles. The molecule has 0 aromatic rings. The van der Waals surface area contributed by atoms with E-state index in [-0.39, 0.29) is 0 Å². The third-order valence-corrected chi connectivity index (χ3v) is 14.1. The zero-order valence-electron chi connectivity index (χ0n) is 44.7. The van der Waals surface area contributed by atoms with Gasteiger partial charge in [0.15, 0.2) is 0 Å². The van der Waals surface area contributed by atoms with Gasteiger partial charge in [-0.05, 0) is 51.4 Å². The van der Waals surface area contributed by atoms with E-state index >= 15 is 0 Å². The predicted octanol–water partition coefficient (Wildman–Crippen LogP) is 12.5. The number of rotatable bonds is 52. The molecule has 0 spiro atoms. The minimum Gasteiger partial charge on any atom is -0.550 e. The average Bonchev–Trinajstić information content (AvgIpc) is 3.28. The minimum absolute atomic E-state index is 1.33. The second kappa shape index (κ2) is 59.9.